The third-order valence-corrected chi connectivity index (χ3v) is 2.93. The second-order valence-corrected chi connectivity index (χ2v) is 4.02. The first-order valence-corrected chi connectivity index (χ1v) is 5.90. The minimum absolute atomic E-state index is 0.00387. The Morgan fingerprint density at radius 3 is 2.18 bits per heavy atom. The highest BCUT2D eigenvalue weighted by Crippen LogP contribution is 2.27. The lowest BCUT2D eigenvalue weighted by atomic mass is 9.82. The summed E-state index contributed by atoms with van der Waals surface area (Å²) in [7, 11) is 1.55. The summed E-state index contributed by atoms with van der Waals surface area (Å²) < 4.78 is 0. The monoisotopic (exact) mass is 239 g/mol. The summed E-state index contributed by atoms with van der Waals surface area (Å²) in [5.74, 6) is -0.487. The molecule has 0 aromatic rings. The zero-order chi connectivity index (χ0) is 13.5. The van der Waals surface area contributed by atoms with Crippen LogP contribution in [-0.2, 0) is 9.59 Å². The molecule has 17 heavy (non-hydrogen) atoms. The molecule has 0 saturated carbocycles. The fraction of sp³-hybridized carbons (Fsp3) is 0.750. The van der Waals surface area contributed by atoms with Gasteiger partial charge in [-0.05, 0) is 19.8 Å². The predicted molar refractivity (Wildman–Crippen MR) is 64.9 cm³/mol. The first-order chi connectivity index (χ1) is 7.97. The van der Waals surface area contributed by atoms with Crippen molar-refractivity contribution < 1.29 is 9.59 Å². The van der Waals surface area contributed by atoms with E-state index in [4.69, 9.17) is 5.26 Å². The van der Waals surface area contributed by atoms with E-state index in [1.54, 1.807) is 7.05 Å². The highest BCUT2D eigenvalue weighted by Gasteiger charge is 2.37. The Morgan fingerprint density at radius 1 is 1.29 bits per heavy atom. The van der Waals surface area contributed by atoms with Gasteiger partial charge in [0, 0.05) is 13.6 Å². The van der Waals surface area contributed by atoms with Crippen LogP contribution in [0.4, 0.5) is 0 Å². The Labute approximate surface area is 103 Å². The van der Waals surface area contributed by atoms with Gasteiger partial charge in [0.1, 0.15) is 5.41 Å². The molecule has 0 aromatic carbocycles. The van der Waals surface area contributed by atoms with E-state index in [2.05, 4.69) is 11.4 Å². The Hall–Kier alpha value is -1.57. The van der Waals surface area contributed by atoms with Crippen LogP contribution in [0.5, 0.6) is 0 Å². The molecule has 0 fully saturated rings. The molecule has 0 rings (SSSR count). The van der Waals surface area contributed by atoms with E-state index in [9.17, 15) is 9.59 Å². The molecular formula is C12H21N3O2. The van der Waals surface area contributed by atoms with Crippen LogP contribution in [0.3, 0.4) is 0 Å². The molecule has 0 atom stereocenters. The largest absolute Gasteiger partial charge is 0.355 e. The Balaban J connectivity index is 4.69. The summed E-state index contributed by atoms with van der Waals surface area (Å²) in [6.07, 6.45) is 0.914. The summed E-state index contributed by atoms with van der Waals surface area (Å²) in [6, 6.07) is 2.08. The maximum absolute atomic E-state index is 12.1. The highest BCUT2D eigenvalue weighted by atomic mass is 16.2. The molecule has 0 aliphatic carbocycles. The summed E-state index contributed by atoms with van der Waals surface area (Å²) in [5.41, 5.74) is -0.999. The normalized spacial score (nSPS) is 10.5. The van der Waals surface area contributed by atoms with Gasteiger partial charge >= 0.3 is 0 Å². The maximum Gasteiger partial charge on any atom is 0.243 e. The lowest BCUT2D eigenvalue weighted by Crippen LogP contribution is -2.45. The van der Waals surface area contributed by atoms with E-state index in [0.717, 1.165) is 0 Å². The van der Waals surface area contributed by atoms with Crippen molar-refractivity contribution in [1.29, 1.82) is 5.26 Å². The number of rotatable bonds is 6. The van der Waals surface area contributed by atoms with E-state index >= 15 is 0 Å². The van der Waals surface area contributed by atoms with E-state index in [-0.39, 0.29) is 18.4 Å². The first-order valence-electron chi connectivity index (χ1n) is 5.90. The van der Waals surface area contributed by atoms with Gasteiger partial charge in [-0.2, -0.15) is 5.26 Å². The van der Waals surface area contributed by atoms with Crippen LogP contribution in [0.2, 0.25) is 0 Å². The van der Waals surface area contributed by atoms with Crippen LogP contribution in [-0.4, -0.2) is 36.9 Å². The third-order valence-electron chi connectivity index (χ3n) is 2.93. The molecule has 0 spiro atoms. The number of nitrogens with zero attached hydrogens (tertiary/aromatic N) is 2. The van der Waals surface area contributed by atoms with Crippen molar-refractivity contribution in [2.45, 2.75) is 33.6 Å². The second-order valence-electron chi connectivity index (χ2n) is 4.02. The van der Waals surface area contributed by atoms with Gasteiger partial charge in [-0.15, -0.1) is 0 Å². The minimum Gasteiger partial charge on any atom is -0.355 e. The van der Waals surface area contributed by atoms with E-state index < -0.39 is 5.41 Å². The molecule has 0 heterocycles. The molecule has 0 aliphatic heterocycles. The Bertz CT molecular complexity index is 316. The topological polar surface area (TPSA) is 73.2 Å². The number of likely N-dealkylation sites (N-methyl/N-ethyl adjacent to an activating group) is 2. The molecular weight excluding hydrogens is 218 g/mol. The number of nitriles is 1. The van der Waals surface area contributed by atoms with Gasteiger partial charge in [-0.25, -0.2) is 0 Å². The van der Waals surface area contributed by atoms with Crippen molar-refractivity contribution in [3.63, 3.8) is 0 Å². The van der Waals surface area contributed by atoms with E-state index in [1.165, 1.54) is 4.90 Å². The molecule has 0 bridgehead atoms. The van der Waals surface area contributed by atoms with Crippen LogP contribution in [0.25, 0.3) is 0 Å². The molecule has 0 unspecified atom stereocenters. The number of hydrogen-bond donors (Lipinski definition) is 1. The average Bonchev–Trinajstić information content (AvgIpc) is 2.32. The number of carbonyl (C=O) groups is 2. The summed E-state index contributed by atoms with van der Waals surface area (Å²) >= 11 is 0. The molecule has 5 nitrogen and oxygen atoms in total. The standard InChI is InChI=1S/C12H21N3O2/c1-5-12(6-2,9-13)11(17)15(4)8-10(16)14-7-3/h5-8H2,1-4H3,(H,14,16). The fourth-order valence-electron chi connectivity index (χ4n) is 1.66. The minimum atomic E-state index is -0.999. The van der Waals surface area contributed by atoms with Crippen molar-refractivity contribution >= 4 is 11.8 Å². The molecule has 0 radical (unpaired) electrons. The van der Waals surface area contributed by atoms with Crippen molar-refractivity contribution in [3.05, 3.63) is 0 Å². The second kappa shape index (κ2) is 6.89. The lowest BCUT2D eigenvalue weighted by molar-refractivity contribution is -0.141. The van der Waals surface area contributed by atoms with Crippen molar-refractivity contribution in [2.24, 2.45) is 5.41 Å². The van der Waals surface area contributed by atoms with Crippen LogP contribution in [0, 0.1) is 16.7 Å². The third kappa shape index (κ3) is 3.74. The highest BCUT2D eigenvalue weighted by molar-refractivity contribution is 5.89. The SMILES string of the molecule is CCNC(=O)CN(C)C(=O)C(C#N)(CC)CC. The molecule has 0 aliphatic rings. The molecule has 1 N–H and O–H groups in total. The molecule has 0 saturated heterocycles. The molecule has 2 amide bonds. The van der Waals surface area contributed by atoms with Gasteiger partial charge in [-0.3, -0.25) is 9.59 Å². The van der Waals surface area contributed by atoms with Gasteiger partial charge in [0.2, 0.25) is 11.8 Å². The predicted octanol–water partition coefficient (Wildman–Crippen LogP) is 0.911. The summed E-state index contributed by atoms with van der Waals surface area (Å²) in [5, 5.41) is 11.8. The van der Waals surface area contributed by atoms with Gasteiger partial charge in [0.15, 0.2) is 0 Å². The van der Waals surface area contributed by atoms with Gasteiger partial charge < -0.3 is 10.2 Å². The van der Waals surface area contributed by atoms with Crippen molar-refractivity contribution in [3.8, 4) is 6.07 Å². The van der Waals surface area contributed by atoms with E-state index in [0.29, 0.717) is 19.4 Å². The molecule has 0 aromatic heterocycles. The van der Waals surface area contributed by atoms with Crippen LogP contribution in [0.15, 0.2) is 0 Å². The summed E-state index contributed by atoms with van der Waals surface area (Å²) in [6.45, 7) is 5.97. The zero-order valence-corrected chi connectivity index (χ0v) is 11.0. The maximum atomic E-state index is 12.1. The smallest absolute Gasteiger partial charge is 0.243 e. The van der Waals surface area contributed by atoms with E-state index in [1.807, 2.05) is 20.8 Å². The zero-order valence-electron chi connectivity index (χ0n) is 11.0. The van der Waals surface area contributed by atoms with Gasteiger partial charge in [-0.1, -0.05) is 13.8 Å². The number of amides is 2. The summed E-state index contributed by atoms with van der Waals surface area (Å²) in [4.78, 5) is 24.8. The first kappa shape index (κ1) is 15.4. The number of carbonyl (C=O) groups excluding carboxylic acids is 2. The molecule has 96 valence electrons. The van der Waals surface area contributed by atoms with Crippen molar-refractivity contribution in [2.75, 3.05) is 20.1 Å². The average molecular weight is 239 g/mol. The van der Waals surface area contributed by atoms with Crippen LogP contribution < -0.4 is 5.32 Å². The van der Waals surface area contributed by atoms with Crippen LogP contribution in [0.1, 0.15) is 33.6 Å². The van der Waals surface area contributed by atoms with Crippen molar-refractivity contribution in [1.82, 2.24) is 10.2 Å². The Kier molecular flexibility index (Phi) is 6.26. The van der Waals surface area contributed by atoms with Crippen LogP contribution >= 0.6 is 0 Å². The Morgan fingerprint density at radius 2 is 1.82 bits per heavy atom. The number of nitrogens with one attached hydrogen (secondary N) is 1. The van der Waals surface area contributed by atoms with Gasteiger partial charge in [0.25, 0.3) is 0 Å². The van der Waals surface area contributed by atoms with Gasteiger partial charge in [0.05, 0.1) is 12.6 Å². The quantitative estimate of drug-likeness (QED) is 0.748. The number of hydrogen-bond acceptors (Lipinski definition) is 3. The fourth-order valence-corrected chi connectivity index (χ4v) is 1.66. The molecule has 5 heteroatoms. The lowest BCUT2D eigenvalue weighted by Gasteiger charge is -2.27.